The van der Waals surface area contributed by atoms with E-state index < -0.39 is 47.8 Å². The maximum Gasteiger partial charge on any atom is 0.454 e. The zero-order valence-corrected chi connectivity index (χ0v) is 11.3. The Bertz CT molecular complexity index is 481. The van der Waals surface area contributed by atoms with E-state index in [2.05, 4.69) is 4.74 Å². The molecule has 126 valence electrons. The molecule has 1 unspecified atom stereocenters. The SMILES string of the molecule is CCO[C@@H]1C(C(=O)C(F)(F)F)=C(C(F)(F)F)O[C@H]2OCCC21. The highest BCUT2D eigenvalue weighted by Gasteiger charge is 2.57. The minimum absolute atomic E-state index is 0.0114. The second-order valence-corrected chi connectivity index (χ2v) is 4.75. The average molecular weight is 334 g/mol. The van der Waals surface area contributed by atoms with Gasteiger partial charge in [-0.2, -0.15) is 26.3 Å². The van der Waals surface area contributed by atoms with E-state index in [1.54, 1.807) is 0 Å². The summed E-state index contributed by atoms with van der Waals surface area (Å²) in [6, 6.07) is 0. The van der Waals surface area contributed by atoms with Crippen LogP contribution >= 0.6 is 0 Å². The van der Waals surface area contributed by atoms with Crippen LogP contribution in [0, 0.1) is 5.92 Å². The van der Waals surface area contributed by atoms with Crippen molar-refractivity contribution >= 4 is 5.78 Å². The lowest BCUT2D eigenvalue weighted by Crippen LogP contribution is -2.46. The Hall–Kier alpha value is -1.29. The van der Waals surface area contributed by atoms with Gasteiger partial charge in [0.15, 0.2) is 0 Å². The predicted molar refractivity (Wildman–Crippen MR) is 58.5 cm³/mol. The molecule has 10 heteroatoms. The number of allylic oxidation sites excluding steroid dienone is 1. The quantitative estimate of drug-likeness (QED) is 0.745. The fraction of sp³-hybridized carbons (Fsp3) is 0.750. The van der Waals surface area contributed by atoms with Crippen molar-refractivity contribution in [1.29, 1.82) is 0 Å². The highest BCUT2D eigenvalue weighted by atomic mass is 19.4. The second-order valence-electron chi connectivity index (χ2n) is 4.75. The maximum atomic E-state index is 13.0. The molecule has 0 N–H and O–H groups in total. The van der Waals surface area contributed by atoms with E-state index in [1.807, 2.05) is 0 Å². The summed E-state index contributed by atoms with van der Waals surface area (Å²) < 4.78 is 91.4. The van der Waals surface area contributed by atoms with Crippen molar-refractivity contribution in [1.82, 2.24) is 0 Å². The Labute approximate surface area is 121 Å². The molecule has 1 saturated heterocycles. The molecule has 22 heavy (non-hydrogen) atoms. The Morgan fingerprint density at radius 3 is 2.41 bits per heavy atom. The third-order valence-electron chi connectivity index (χ3n) is 3.34. The average Bonchev–Trinajstić information content (AvgIpc) is 2.83. The van der Waals surface area contributed by atoms with Crippen LogP contribution in [0.5, 0.6) is 0 Å². The molecule has 4 nitrogen and oxygen atoms in total. The lowest BCUT2D eigenvalue weighted by atomic mass is 9.87. The van der Waals surface area contributed by atoms with E-state index in [9.17, 15) is 31.1 Å². The Morgan fingerprint density at radius 2 is 1.91 bits per heavy atom. The summed E-state index contributed by atoms with van der Waals surface area (Å²) >= 11 is 0. The third kappa shape index (κ3) is 3.07. The van der Waals surface area contributed by atoms with Gasteiger partial charge in [0.25, 0.3) is 5.78 Å². The molecule has 0 bridgehead atoms. The first kappa shape index (κ1) is 17.1. The lowest BCUT2D eigenvalue weighted by molar-refractivity contribution is -0.209. The van der Waals surface area contributed by atoms with Crippen LogP contribution in [-0.2, 0) is 19.0 Å². The van der Waals surface area contributed by atoms with Crippen LogP contribution in [0.15, 0.2) is 11.3 Å². The molecule has 0 aromatic carbocycles. The van der Waals surface area contributed by atoms with E-state index in [1.165, 1.54) is 6.92 Å². The second kappa shape index (κ2) is 5.73. The number of rotatable bonds is 3. The van der Waals surface area contributed by atoms with E-state index in [0.717, 1.165) is 0 Å². The fourth-order valence-corrected chi connectivity index (χ4v) is 2.51. The summed E-state index contributed by atoms with van der Waals surface area (Å²) in [4.78, 5) is 11.5. The molecule has 2 aliphatic heterocycles. The number of carbonyl (C=O) groups excluding carboxylic acids is 1. The summed E-state index contributed by atoms with van der Waals surface area (Å²) in [5.41, 5.74) is -1.53. The summed E-state index contributed by atoms with van der Waals surface area (Å²) in [6.45, 7) is 1.26. The predicted octanol–water partition coefficient (Wildman–Crippen LogP) is 2.73. The van der Waals surface area contributed by atoms with Gasteiger partial charge in [0.1, 0.15) is 0 Å². The smallest absolute Gasteiger partial charge is 0.454 e. The number of carbonyl (C=O) groups is 1. The van der Waals surface area contributed by atoms with Gasteiger partial charge in [-0.05, 0) is 13.3 Å². The van der Waals surface area contributed by atoms with E-state index in [-0.39, 0.29) is 19.6 Å². The highest BCUT2D eigenvalue weighted by Crippen LogP contribution is 2.45. The standard InChI is InChI=1S/C12H12F6O4/c1-2-20-7-5-3-4-21-10(5)22-9(12(16,17)18)6(7)8(19)11(13,14)15/h5,7,10H,2-4H2,1H3/t5?,7-,10+/m0/s1. The number of hydrogen-bond acceptors (Lipinski definition) is 4. The highest BCUT2D eigenvalue weighted by molar-refractivity contribution is 6.01. The molecule has 0 spiro atoms. The van der Waals surface area contributed by atoms with Crippen LogP contribution in [-0.4, -0.2) is 43.7 Å². The Morgan fingerprint density at radius 1 is 1.27 bits per heavy atom. The zero-order valence-electron chi connectivity index (χ0n) is 11.3. The van der Waals surface area contributed by atoms with Gasteiger partial charge in [0.05, 0.1) is 24.2 Å². The molecule has 0 saturated carbocycles. The molecular weight excluding hydrogens is 322 g/mol. The summed E-state index contributed by atoms with van der Waals surface area (Å²) in [5, 5.41) is 0. The summed E-state index contributed by atoms with van der Waals surface area (Å²) in [5.74, 6) is -5.49. The number of ketones is 1. The van der Waals surface area contributed by atoms with Crippen LogP contribution in [0.4, 0.5) is 26.3 Å². The lowest BCUT2D eigenvalue weighted by Gasteiger charge is -2.36. The van der Waals surface area contributed by atoms with Gasteiger partial charge in [0.2, 0.25) is 12.0 Å². The maximum absolute atomic E-state index is 13.0. The first-order chi connectivity index (χ1) is 10.1. The van der Waals surface area contributed by atoms with Crippen molar-refractivity contribution in [2.24, 2.45) is 5.92 Å². The van der Waals surface area contributed by atoms with Gasteiger partial charge >= 0.3 is 12.4 Å². The molecule has 0 amide bonds. The Balaban J connectivity index is 2.56. The van der Waals surface area contributed by atoms with Gasteiger partial charge < -0.3 is 14.2 Å². The monoisotopic (exact) mass is 334 g/mol. The molecule has 2 heterocycles. The molecule has 2 rings (SSSR count). The first-order valence-corrected chi connectivity index (χ1v) is 6.40. The van der Waals surface area contributed by atoms with Crippen molar-refractivity contribution in [3.63, 3.8) is 0 Å². The van der Waals surface area contributed by atoms with Crippen molar-refractivity contribution in [2.45, 2.75) is 38.1 Å². The number of Topliss-reactive ketones (excluding diaryl/α,β-unsaturated/α-hetero) is 1. The van der Waals surface area contributed by atoms with Crippen molar-refractivity contribution < 1.29 is 45.3 Å². The number of alkyl halides is 6. The Kier molecular flexibility index (Phi) is 4.44. The van der Waals surface area contributed by atoms with E-state index in [0.29, 0.717) is 0 Å². The van der Waals surface area contributed by atoms with Crippen molar-refractivity contribution in [3.8, 4) is 0 Å². The fourth-order valence-electron chi connectivity index (χ4n) is 2.51. The normalized spacial score (nSPS) is 29.3. The third-order valence-corrected chi connectivity index (χ3v) is 3.34. The number of halogens is 6. The van der Waals surface area contributed by atoms with Crippen LogP contribution in [0.3, 0.4) is 0 Å². The van der Waals surface area contributed by atoms with Gasteiger partial charge in [-0.1, -0.05) is 0 Å². The number of fused-ring (bicyclic) bond motifs is 1. The molecule has 1 fully saturated rings. The van der Waals surface area contributed by atoms with Crippen LogP contribution in [0.25, 0.3) is 0 Å². The van der Waals surface area contributed by atoms with Crippen molar-refractivity contribution in [2.75, 3.05) is 13.2 Å². The molecule has 0 aromatic rings. The molecule has 0 aromatic heterocycles. The van der Waals surface area contributed by atoms with E-state index >= 15 is 0 Å². The first-order valence-electron chi connectivity index (χ1n) is 6.40. The van der Waals surface area contributed by atoms with Gasteiger partial charge in [-0.25, -0.2) is 0 Å². The largest absolute Gasteiger partial charge is 0.459 e. The number of hydrogen-bond donors (Lipinski definition) is 0. The molecule has 0 radical (unpaired) electrons. The molecule has 0 aliphatic carbocycles. The van der Waals surface area contributed by atoms with Gasteiger partial charge in [-0.15, -0.1) is 0 Å². The van der Waals surface area contributed by atoms with Crippen LogP contribution in [0.1, 0.15) is 13.3 Å². The zero-order chi connectivity index (χ0) is 16.7. The van der Waals surface area contributed by atoms with Crippen molar-refractivity contribution in [3.05, 3.63) is 11.3 Å². The van der Waals surface area contributed by atoms with Gasteiger partial charge in [0, 0.05) is 6.61 Å². The summed E-state index contributed by atoms with van der Waals surface area (Å²) in [6.07, 6.45) is -13.6. The minimum atomic E-state index is -5.46. The number of ether oxygens (including phenoxy) is 3. The van der Waals surface area contributed by atoms with Crippen LogP contribution in [0.2, 0.25) is 0 Å². The molecule has 3 atom stereocenters. The topological polar surface area (TPSA) is 44.8 Å². The van der Waals surface area contributed by atoms with Crippen LogP contribution < -0.4 is 0 Å². The van der Waals surface area contributed by atoms with E-state index in [4.69, 9.17) is 9.47 Å². The minimum Gasteiger partial charge on any atom is -0.459 e. The molecular formula is C12H12F6O4. The molecule has 2 aliphatic rings. The summed E-state index contributed by atoms with van der Waals surface area (Å²) in [7, 11) is 0. The van der Waals surface area contributed by atoms with Gasteiger partial charge in [-0.3, -0.25) is 4.79 Å².